The molecule has 0 radical (unpaired) electrons. The third kappa shape index (κ3) is 6.14. The second kappa shape index (κ2) is 13.3. The van der Waals surface area contributed by atoms with Crippen LogP contribution in [0.1, 0.15) is 75.4 Å². The van der Waals surface area contributed by atoms with Crippen LogP contribution in [0, 0.1) is 27.3 Å². The summed E-state index contributed by atoms with van der Waals surface area (Å²) in [5.74, 6) is -1.29. The van der Waals surface area contributed by atoms with Gasteiger partial charge in [-0.25, -0.2) is 6.57 Å². The lowest BCUT2D eigenvalue weighted by molar-refractivity contribution is -0.136. The highest BCUT2D eigenvalue weighted by molar-refractivity contribution is 6.23. The lowest BCUT2D eigenvalue weighted by Crippen LogP contribution is -2.54. The van der Waals surface area contributed by atoms with Gasteiger partial charge in [-0.2, -0.15) is 0 Å². The van der Waals surface area contributed by atoms with Crippen LogP contribution in [0.25, 0.3) is 16.0 Å². The average molecular weight is 713 g/mol. The first kappa shape index (κ1) is 34.3. The minimum Gasteiger partial charge on any atom is -0.374 e. The van der Waals surface area contributed by atoms with Gasteiger partial charge in [-0.15, -0.1) is 0 Å². The molecule has 2 atom stereocenters. The standard InChI is InChI=1S/C41H40N6O6/c1-24-5-6-27(37-25(2)44-53-26(37)3)21-35(24)46(29-9-7-28(8-10-29)41(42-4)16-17-41)19-20-52-31-15-18-45(23-31)30-11-12-32-33(22-30)40(51)47(39(32)50)34-13-14-36(48)43-38(34)49/h5-12,21-22,31,34H,13-20,23H2,1-3H3,(H,43,48,49). The van der Waals surface area contributed by atoms with Gasteiger partial charge in [0.15, 0.2) is 0 Å². The number of hydrogen-bond acceptors (Lipinski definition) is 9. The fourth-order valence-corrected chi connectivity index (χ4v) is 7.94. The van der Waals surface area contributed by atoms with Crippen LogP contribution in [0.5, 0.6) is 0 Å². The molecule has 4 aliphatic rings. The zero-order valence-corrected chi connectivity index (χ0v) is 30.0. The van der Waals surface area contributed by atoms with Gasteiger partial charge in [0.2, 0.25) is 11.8 Å². The number of piperidine rings is 1. The highest BCUT2D eigenvalue weighted by Gasteiger charge is 2.52. The van der Waals surface area contributed by atoms with E-state index in [1.54, 1.807) is 12.1 Å². The maximum atomic E-state index is 13.4. The van der Waals surface area contributed by atoms with E-state index < -0.39 is 29.7 Å². The molecule has 12 heteroatoms. The number of hydrogen-bond donors (Lipinski definition) is 1. The van der Waals surface area contributed by atoms with Crippen LogP contribution in [-0.4, -0.2) is 72.1 Å². The molecular weight excluding hydrogens is 672 g/mol. The van der Waals surface area contributed by atoms with Gasteiger partial charge < -0.3 is 23.9 Å². The summed E-state index contributed by atoms with van der Waals surface area (Å²) < 4.78 is 12.0. The summed E-state index contributed by atoms with van der Waals surface area (Å²) in [6.07, 6.45) is 2.72. The first-order chi connectivity index (χ1) is 25.6. The summed E-state index contributed by atoms with van der Waals surface area (Å²) in [5, 5.41) is 6.41. The van der Waals surface area contributed by atoms with Crippen LogP contribution in [0.4, 0.5) is 17.1 Å². The smallest absolute Gasteiger partial charge is 0.262 e. The van der Waals surface area contributed by atoms with E-state index in [0.29, 0.717) is 19.7 Å². The Morgan fingerprint density at radius 1 is 0.981 bits per heavy atom. The van der Waals surface area contributed by atoms with Crippen LogP contribution < -0.4 is 15.1 Å². The first-order valence-electron chi connectivity index (χ1n) is 18.1. The Morgan fingerprint density at radius 2 is 1.75 bits per heavy atom. The van der Waals surface area contributed by atoms with Gasteiger partial charge in [0.1, 0.15) is 11.8 Å². The Labute approximate surface area is 307 Å². The fourth-order valence-electron chi connectivity index (χ4n) is 7.94. The van der Waals surface area contributed by atoms with Crippen LogP contribution >= 0.6 is 0 Å². The monoisotopic (exact) mass is 712 g/mol. The van der Waals surface area contributed by atoms with E-state index in [1.165, 1.54) is 0 Å². The van der Waals surface area contributed by atoms with Crippen molar-refractivity contribution >= 4 is 40.7 Å². The molecule has 0 spiro atoms. The zero-order chi connectivity index (χ0) is 37.0. The second-order valence-electron chi connectivity index (χ2n) is 14.4. The fraction of sp³-hybridized carbons (Fsp3) is 0.366. The quantitative estimate of drug-likeness (QED) is 0.155. The number of carbonyl (C=O) groups excluding carboxylic acids is 4. The first-order valence-corrected chi connectivity index (χ1v) is 18.1. The average Bonchev–Trinajstić information content (AvgIpc) is 3.59. The SMILES string of the molecule is [C-]#[N+]C1(c2ccc(N(CCOC3CCN(c4ccc5c(c4)C(=O)N(C4CCC(=O)NC4=O)C5=O)C3)c3cc(-c4c(C)noc4C)ccc3C)cc2)CC1. The summed E-state index contributed by atoms with van der Waals surface area (Å²) >= 11 is 0. The largest absolute Gasteiger partial charge is 0.374 e. The third-order valence-electron chi connectivity index (χ3n) is 11.1. The number of aryl methyl sites for hydroxylation is 3. The summed E-state index contributed by atoms with van der Waals surface area (Å²) in [5.41, 5.74) is 8.02. The molecule has 12 nitrogen and oxygen atoms in total. The molecule has 4 heterocycles. The Morgan fingerprint density at radius 3 is 2.45 bits per heavy atom. The van der Waals surface area contributed by atoms with Gasteiger partial charge >= 0.3 is 0 Å². The van der Waals surface area contributed by atoms with Crippen molar-refractivity contribution in [2.45, 2.75) is 70.6 Å². The number of imide groups is 2. The van der Waals surface area contributed by atoms with E-state index >= 15 is 0 Å². The maximum Gasteiger partial charge on any atom is 0.262 e. The molecule has 1 aliphatic carbocycles. The van der Waals surface area contributed by atoms with Crippen molar-refractivity contribution in [3.63, 3.8) is 0 Å². The van der Waals surface area contributed by atoms with Crippen molar-refractivity contribution in [3.05, 3.63) is 106 Å². The number of benzene rings is 3. The zero-order valence-electron chi connectivity index (χ0n) is 30.0. The van der Waals surface area contributed by atoms with Gasteiger partial charge in [0, 0.05) is 67.1 Å². The lowest BCUT2D eigenvalue weighted by Gasteiger charge is -2.28. The number of amides is 4. The van der Waals surface area contributed by atoms with Crippen molar-refractivity contribution in [1.82, 2.24) is 15.4 Å². The molecule has 1 N–H and O–H groups in total. The van der Waals surface area contributed by atoms with Gasteiger partial charge in [-0.05, 0) is 93.3 Å². The molecule has 3 fully saturated rings. The molecule has 53 heavy (non-hydrogen) atoms. The number of nitrogens with zero attached hydrogens (tertiary/aromatic N) is 5. The number of nitrogens with one attached hydrogen (secondary N) is 1. The highest BCUT2D eigenvalue weighted by atomic mass is 16.5. The number of aromatic nitrogens is 1. The minimum absolute atomic E-state index is 0.0482. The summed E-state index contributed by atoms with van der Waals surface area (Å²) in [6.45, 7) is 16.1. The minimum atomic E-state index is -0.999. The molecule has 3 aromatic carbocycles. The van der Waals surface area contributed by atoms with E-state index in [0.717, 1.165) is 81.5 Å². The number of ether oxygens (including phenoxy) is 1. The van der Waals surface area contributed by atoms with Crippen LogP contribution in [0.3, 0.4) is 0 Å². The predicted molar refractivity (Wildman–Crippen MR) is 197 cm³/mol. The van der Waals surface area contributed by atoms with Crippen molar-refractivity contribution in [1.29, 1.82) is 0 Å². The molecule has 270 valence electrons. The lowest BCUT2D eigenvalue weighted by atomic mass is 10.00. The molecule has 4 amide bonds. The maximum absolute atomic E-state index is 13.4. The van der Waals surface area contributed by atoms with Crippen molar-refractivity contribution in [2.75, 3.05) is 36.0 Å². The van der Waals surface area contributed by atoms with E-state index in [9.17, 15) is 19.2 Å². The normalized spacial score (nSPS) is 20.4. The molecule has 2 unspecified atom stereocenters. The predicted octanol–water partition coefficient (Wildman–Crippen LogP) is 6.01. The van der Waals surface area contributed by atoms with Gasteiger partial charge in [0.05, 0.1) is 29.5 Å². The Hall–Kier alpha value is -5.80. The van der Waals surface area contributed by atoms with Crippen LogP contribution in [0.2, 0.25) is 0 Å². The van der Waals surface area contributed by atoms with Crippen molar-refractivity contribution in [3.8, 4) is 11.1 Å². The van der Waals surface area contributed by atoms with Gasteiger partial charge in [0.25, 0.3) is 17.4 Å². The third-order valence-corrected chi connectivity index (χ3v) is 11.1. The van der Waals surface area contributed by atoms with Gasteiger partial charge in [-0.3, -0.25) is 29.4 Å². The summed E-state index contributed by atoms with van der Waals surface area (Å²) in [7, 11) is 0. The van der Waals surface area contributed by atoms with Crippen molar-refractivity contribution in [2.24, 2.45) is 0 Å². The molecule has 1 saturated carbocycles. The number of rotatable bonds is 10. The Balaban J connectivity index is 0.974. The molecule has 4 aromatic rings. The number of carbonyl (C=O) groups is 4. The molecular formula is C41H40N6O6. The van der Waals surface area contributed by atoms with E-state index in [2.05, 4.69) is 74.5 Å². The van der Waals surface area contributed by atoms with E-state index in [1.807, 2.05) is 19.9 Å². The van der Waals surface area contributed by atoms with Crippen molar-refractivity contribution < 1.29 is 28.4 Å². The molecule has 8 rings (SSSR count). The number of anilines is 3. The summed E-state index contributed by atoms with van der Waals surface area (Å²) in [4.78, 5) is 60.1. The molecule has 2 saturated heterocycles. The highest BCUT2D eigenvalue weighted by Crippen LogP contribution is 2.50. The van der Waals surface area contributed by atoms with Gasteiger partial charge in [-0.1, -0.05) is 17.3 Å². The molecule has 3 aliphatic heterocycles. The molecule has 1 aromatic heterocycles. The van der Waals surface area contributed by atoms with Crippen LogP contribution in [-0.2, 0) is 19.9 Å². The number of fused-ring (bicyclic) bond motifs is 1. The second-order valence-corrected chi connectivity index (χ2v) is 14.4. The topological polar surface area (TPSA) is 130 Å². The van der Waals surface area contributed by atoms with E-state index in [4.69, 9.17) is 15.8 Å². The summed E-state index contributed by atoms with van der Waals surface area (Å²) in [6, 6.07) is 19.0. The molecule has 0 bridgehead atoms. The van der Waals surface area contributed by atoms with E-state index in [-0.39, 0.29) is 35.6 Å². The van der Waals surface area contributed by atoms with Crippen LogP contribution in [0.15, 0.2) is 65.2 Å². The Bertz CT molecular complexity index is 2180. The Kier molecular flexibility index (Phi) is 8.61.